The lowest BCUT2D eigenvalue weighted by atomic mass is 9.93. The Labute approximate surface area is 286 Å². The quantitative estimate of drug-likeness (QED) is 0.196. The molecule has 0 unspecified atom stereocenters. The van der Waals surface area contributed by atoms with Gasteiger partial charge < -0.3 is 24.3 Å². The van der Waals surface area contributed by atoms with Gasteiger partial charge in [0.15, 0.2) is 0 Å². The van der Waals surface area contributed by atoms with E-state index in [-0.39, 0.29) is 11.1 Å². The van der Waals surface area contributed by atoms with Crippen LogP contribution in [-0.2, 0) is 13.6 Å². The lowest BCUT2D eigenvalue weighted by Gasteiger charge is -2.33. The summed E-state index contributed by atoms with van der Waals surface area (Å²) >= 11 is 0. The number of aromatic nitrogens is 3. The third-order valence-corrected chi connectivity index (χ3v) is 9.42. The second-order valence-electron chi connectivity index (χ2n) is 12.7. The predicted molar refractivity (Wildman–Crippen MR) is 200 cm³/mol. The summed E-state index contributed by atoms with van der Waals surface area (Å²) in [4.78, 5) is 36.9. The minimum Gasteiger partial charge on any atom is -0.368 e. The fourth-order valence-corrected chi connectivity index (χ4v) is 6.61. The molecule has 4 heterocycles. The Hall–Kier alpha value is -5.73. The maximum Gasteiger partial charge on any atom is 0.274 e. The van der Waals surface area contributed by atoms with Crippen molar-refractivity contribution in [3.8, 4) is 33.5 Å². The van der Waals surface area contributed by atoms with Crippen molar-refractivity contribution in [3.05, 3.63) is 153 Å². The van der Waals surface area contributed by atoms with Crippen LogP contribution in [-0.4, -0.2) is 52.2 Å². The van der Waals surface area contributed by atoms with Crippen LogP contribution in [0, 0.1) is 6.92 Å². The van der Waals surface area contributed by atoms with Crippen molar-refractivity contribution >= 4 is 17.2 Å². The molecule has 0 atom stereocenters. The molecule has 1 N–H and O–H groups in total. The zero-order valence-electron chi connectivity index (χ0n) is 28.1. The Morgan fingerprint density at radius 2 is 1.41 bits per heavy atom. The molecule has 1 fully saturated rings. The van der Waals surface area contributed by atoms with Crippen LogP contribution in [0.25, 0.3) is 33.5 Å². The van der Waals surface area contributed by atoms with Crippen LogP contribution in [0.1, 0.15) is 11.1 Å². The fraction of sp³-hybridized carbons (Fsp3) is 0.195. The maximum absolute atomic E-state index is 14.4. The van der Waals surface area contributed by atoms with E-state index >= 15 is 0 Å². The number of nitrogens with one attached hydrogen (secondary N) is 1. The van der Waals surface area contributed by atoms with Gasteiger partial charge in [0.2, 0.25) is 0 Å². The standard InChI is InChI=1S/C41H40N6O2/c1-29-34(32-25-37(41(49)45(3)28-32)43-39-20-17-33(26-42-39)46-23-21-44(2)22-24-46)15-10-16-35(29)36-18-19-38(31-13-8-5-9-14-31)47(40(36)48)27-30-11-6-4-7-12-30/h4-20,25-26,28H,21-24,27H2,1-3H3,(H,42,43). The molecule has 7 rings (SSSR count). The number of benzene rings is 3. The van der Waals surface area contributed by atoms with E-state index in [9.17, 15) is 9.59 Å². The van der Waals surface area contributed by atoms with Crippen molar-refractivity contribution in [1.29, 1.82) is 0 Å². The summed E-state index contributed by atoms with van der Waals surface area (Å²) in [6, 6.07) is 35.9. The Bertz CT molecular complexity index is 2200. The summed E-state index contributed by atoms with van der Waals surface area (Å²) in [7, 11) is 3.89. The summed E-state index contributed by atoms with van der Waals surface area (Å²) in [5.41, 5.74) is 8.45. The molecular weight excluding hydrogens is 608 g/mol. The SMILES string of the molecule is Cc1c(-c2cc(Nc3ccc(N4CCN(C)CC4)cn3)c(=O)n(C)c2)cccc1-c1ccc(-c2ccccc2)n(Cc2ccccc2)c1=O. The van der Waals surface area contributed by atoms with Gasteiger partial charge in [-0.15, -0.1) is 0 Å². The van der Waals surface area contributed by atoms with Gasteiger partial charge in [-0.3, -0.25) is 9.59 Å². The first-order chi connectivity index (χ1) is 23.9. The average molecular weight is 649 g/mol. The van der Waals surface area contributed by atoms with Crippen LogP contribution in [0.15, 0.2) is 131 Å². The van der Waals surface area contributed by atoms with Gasteiger partial charge in [0.1, 0.15) is 11.5 Å². The predicted octanol–water partition coefficient (Wildman–Crippen LogP) is 6.80. The van der Waals surface area contributed by atoms with Gasteiger partial charge in [0.25, 0.3) is 11.1 Å². The van der Waals surface area contributed by atoms with E-state index in [4.69, 9.17) is 0 Å². The highest BCUT2D eigenvalue weighted by Gasteiger charge is 2.18. The molecule has 0 aliphatic carbocycles. The Balaban J connectivity index is 1.23. The van der Waals surface area contributed by atoms with Crippen molar-refractivity contribution in [3.63, 3.8) is 0 Å². The number of hydrogen-bond donors (Lipinski definition) is 1. The Kier molecular flexibility index (Phi) is 8.96. The van der Waals surface area contributed by atoms with Gasteiger partial charge in [-0.1, -0.05) is 78.9 Å². The lowest BCUT2D eigenvalue weighted by molar-refractivity contribution is 0.313. The smallest absolute Gasteiger partial charge is 0.274 e. The Morgan fingerprint density at radius 1 is 0.694 bits per heavy atom. The molecule has 0 amide bonds. The average Bonchev–Trinajstić information content (AvgIpc) is 3.13. The van der Waals surface area contributed by atoms with E-state index in [1.165, 1.54) is 0 Å². The molecule has 8 nitrogen and oxygen atoms in total. The topological polar surface area (TPSA) is 75.4 Å². The van der Waals surface area contributed by atoms with E-state index in [0.29, 0.717) is 23.6 Å². The zero-order valence-corrected chi connectivity index (χ0v) is 28.1. The number of anilines is 3. The van der Waals surface area contributed by atoms with E-state index in [2.05, 4.69) is 33.2 Å². The molecule has 246 valence electrons. The third kappa shape index (κ3) is 6.68. The minimum absolute atomic E-state index is 0.0561. The first-order valence-corrected chi connectivity index (χ1v) is 16.7. The number of nitrogens with zero attached hydrogens (tertiary/aromatic N) is 5. The van der Waals surface area contributed by atoms with Crippen molar-refractivity contribution < 1.29 is 0 Å². The van der Waals surface area contributed by atoms with Gasteiger partial charge in [0.05, 0.1) is 24.1 Å². The molecule has 3 aromatic carbocycles. The number of aryl methyl sites for hydroxylation is 1. The maximum atomic E-state index is 14.4. The molecule has 0 bridgehead atoms. The minimum atomic E-state index is -0.150. The molecule has 0 spiro atoms. The fourth-order valence-electron chi connectivity index (χ4n) is 6.61. The highest BCUT2D eigenvalue weighted by atomic mass is 16.1. The number of hydrogen-bond acceptors (Lipinski definition) is 6. The molecule has 1 aliphatic rings. The molecular formula is C41H40N6O2. The zero-order chi connectivity index (χ0) is 33.9. The first-order valence-electron chi connectivity index (χ1n) is 16.7. The third-order valence-electron chi connectivity index (χ3n) is 9.42. The summed E-state index contributed by atoms with van der Waals surface area (Å²) in [6.07, 6.45) is 3.71. The van der Waals surface area contributed by atoms with E-state index in [1.807, 2.05) is 127 Å². The second kappa shape index (κ2) is 13.8. The highest BCUT2D eigenvalue weighted by molar-refractivity contribution is 5.80. The normalized spacial score (nSPS) is 13.4. The molecule has 3 aromatic heterocycles. The van der Waals surface area contributed by atoms with E-state index in [1.54, 1.807) is 11.6 Å². The summed E-state index contributed by atoms with van der Waals surface area (Å²) in [5, 5.41) is 3.26. The lowest BCUT2D eigenvalue weighted by Crippen LogP contribution is -2.44. The molecule has 1 saturated heterocycles. The molecule has 0 saturated carbocycles. The highest BCUT2D eigenvalue weighted by Crippen LogP contribution is 2.32. The van der Waals surface area contributed by atoms with Crippen molar-refractivity contribution in [2.75, 3.05) is 43.4 Å². The molecule has 0 radical (unpaired) electrons. The van der Waals surface area contributed by atoms with Crippen molar-refractivity contribution in [2.24, 2.45) is 7.05 Å². The van der Waals surface area contributed by atoms with Gasteiger partial charge >= 0.3 is 0 Å². The monoisotopic (exact) mass is 648 g/mol. The number of pyridine rings is 3. The van der Waals surface area contributed by atoms with E-state index < -0.39 is 0 Å². The number of piperazine rings is 1. The van der Waals surface area contributed by atoms with Crippen LogP contribution in [0.2, 0.25) is 0 Å². The number of likely N-dealkylation sites (N-methyl/N-ethyl adjacent to an activating group) is 1. The van der Waals surface area contributed by atoms with Crippen LogP contribution < -0.4 is 21.3 Å². The van der Waals surface area contributed by atoms with Crippen LogP contribution >= 0.6 is 0 Å². The summed E-state index contributed by atoms with van der Waals surface area (Å²) in [6.45, 7) is 6.46. The second-order valence-corrected chi connectivity index (χ2v) is 12.7. The number of rotatable bonds is 8. The van der Waals surface area contributed by atoms with Crippen molar-refractivity contribution in [1.82, 2.24) is 19.0 Å². The van der Waals surface area contributed by atoms with Crippen LogP contribution in [0.3, 0.4) is 0 Å². The van der Waals surface area contributed by atoms with Crippen LogP contribution in [0.5, 0.6) is 0 Å². The summed E-state index contributed by atoms with van der Waals surface area (Å²) in [5.74, 6) is 0.607. The van der Waals surface area contributed by atoms with Crippen LogP contribution in [0.4, 0.5) is 17.2 Å². The molecule has 6 aromatic rings. The largest absolute Gasteiger partial charge is 0.368 e. The van der Waals surface area contributed by atoms with E-state index in [0.717, 1.165) is 70.9 Å². The molecule has 1 aliphatic heterocycles. The van der Waals surface area contributed by atoms with Gasteiger partial charge in [-0.05, 0) is 72.1 Å². The van der Waals surface area contributed by atoms with Crippen molar-refractivity contribution in [2.45, 2.75) is 13.5 Å². The van der Waals surface area contributed by atoms with Gasteiger partial charge in [-0.2, -0.15) is 0 Å². The Morgan fingerprint density at radius 3 is 2.12 bits per heavy atom. The van der Waals surface area contributed by atoms with Gasteiger partial charge in [-0.25, -0.2) is 4.98 Å². The summed E-state index contributed by atoms with van der Waals surface area (Å²) < 4.78 is 3.45. The molecule has 49 heavy (non-hydrogen) atoms. The first kappa shape index (κ1) is 31.8. The van der Waals surface area contributed by atoms with Gasteiger partial charge in [0, 0.05) is 50.6 Å². The molecule has 8 heteroatoms.